The quantitative estimate of drug-likeness (QED) is 0.195. The fourth-order valence-corrected chi connectivity index (χ4v) is 4.46. The zero-order valence-electron chi connectivity index (χ0n) is 22.5. The Balaban J connectivity index is 1.85. The summed E-state index contributed by atoms with van der Waals surface area (Å²) >= 11 is 0. The first-order valence-corrected chi connectivity index (χ1v) is 13.8. The van der Waals surface area contributed by atoms with Crippen LogP contribution in [0.1, 0.15) is 44.7 Å². The average Bonchev–Trinajstić information content (AvgIpc) is 2.82. The zero-order valence-corrected chi connectivity index (χ0v) is 23.3. The Hall–Kier alpha value is -3.64. The van der Waals surface area contributed by atoms with Crippen molar-refractivity contribution in [3.8, 4) is 0 Å². The van der Waals surface area contributed by atoms with Crippen LogP contribution in [0.4, 0.5) is 10.5 Å². The minimum atomic E-state index is -3.82. The number of carboxylic acids is 2. The van der Waals surface area contributed by atoms with Gasteiger partial charge >= 0.3 is 18.0 Å². The van der Waals surface area contributed by atoms with Crippen molar-refractivity contribution in [1.82, 2.24) is 5.32 Å². The number of carboxylic acid groups (broad SMARTS) is 2. The maximum absolute atomic E-state index is 12.2. The van der Waals surface area contributed by atoms with Crippen molar-refractivity contribution in [2.75, 3.05) is 18.5 Å². The molecule has 0 fully saturated rings. The van der Waals surface area contributed by atoms with Gasteiger partial charge in [0.2, 0.25) is 0 Å². The van der Waals surface area contributed by atoms with E-state index in [0.29, 0.717) is 18.5 Å². The summed E-state index contributed by atoms with van der Waals surface area (Å²) in [5.74, 6) is -3.61. The van der Waals surface area contributed by atoms with Crippen LogP contribution in [0.15, 0.2) is 53.4 Å². The van der Waals surface area contributed by atoms with Gasteiger partial charge in [-0.05, 0) is 76.8 Å². The number of nitrogens with one attached hydrogen (secondary N) is 2. The van der Waals surface area contributed by atoms with Crippen molar-refractivity contribution in [2.24, 2.45) is 5.92 Å². The van der Waals surface area contributed by atoms with Gasteiger partial charge < -0.3 is 25.6 Å². The van der Waals surface area contributed by atoms with Gasteiger partial charge in [0, 0.05) is 12.2 Å². The van der Waals surface area contributed by atoms with Crippen molar-refractivity contribution in [1.29, 1.82) is 0 Å². The van der Waals surface area contributed by atoms with Gasteiger partial charge in [0.1, 0.15) is 11.6 Å². The Morgan fingerprint density at radius 3 is 2.10 bits per heavy atom. The second-order valence-corrected chi connectivity index (χ2v) is 11.7. The number of carbonyl (C=O) groups excluding carboxylic acids is 1. The van der Waals surface area contributed by atoms with Crippen LogP contribution < -0.4 is 10.6 Å². The molecule has 0 aliphatic carbocycles. The number of alkyl carbamates (subject to hydrolysis) is 1. The fourth-order valence-electron chi connectivity index (χ4n) is 3.52. The third-order valence-electron chi connectivity index (χ3n) is 5.49. The second kappa shape index (κ2) is 13.9. The molecule has 2 atom stereocenters. The summed E-state index contributed by atoms with van der Waals surface area (Å²) in [4.78, 5) is 35.5. The lowest BCUT2D eigenvalue weighted by molar-refractivity contribution is -0.144. The monoisotopic (exact) mass is 564 g/mol. The molecule has 2 aromatic carbocycles. The summed E-state index contributed by atoms with van der Waals surface area (Å²) in [6.07, 6.45) is -0.780. The van der Waals surface area contributed by atoms with Crippen LogP contribution in [-0.2, 0) is 35.0 Å². The summed E-state index contributed by atoms with van der Waals surface area (Å²) in [5, 5.41) is 24.5. The SMILES string of the molecule is Cc1ccc(S(=O)(=O)OCCCNc2ccc(C[C@@H](C[C@@H](NC(=O)OC(C)(C)C)C(=O)O)C(=O)O)cc2)cc1. The van der Waals surface area contributed by atoms with Gasteiger partial charge in [-0.15, -0.1) is 0 Å². The highest BCUT2D eigenvalue weighted by Gasteiger charge is 2.30. The van der Waals surface area contributed by atoms with Gasteiger partial charge in [-0.25, -0.2) is 9.59 Å². The molecular formula is C27H36N2O9S. The molecule has 0 saturated heterocycles. The van der Waals surface area contributed by atoms with E-state index in [4.69, 9.17) is 8.92 Å². The van der Waals surface area contributed by atoms with E-state index in [1.54, 1.807) is 57.2 Å². The molecule has 0 aromatic heterocycles. The molecule has 11 nitrogen and oxygen atoms in total. The lowest BCUT2D eigenvalue weighted by atomic mass is 9.92. The normalized spacial score (nSPS) is 13.2. The highest BCUT2D eigenvalue weighted by atomic mass is 32.2. The summed E-state index contributed by atoms with van der Waals surface area (Å²) < 4.78 is 34.6. The van der Waals surface area contributed by atoms with Gasteiger partial charge in [0.15, 0.2) is 0 Å². The van der Waals surface area contributed by atoms with Crippen LogP contribution in [0.5, 0.6) is 0 Å². The van der Waals surface area contributed by atoms with Crippen LogP contribution in [0.2, 0.25) is 0 Å². The minimum Gasteiger partial charge on any atom is -0.481 e. The number of carbonyl (C=O) groups is 3. The predicted octanol–water partition coefficient (Wildman–Crippen LogP) is 3.81. The van der Waals surface area contributed by atoms with Crippen LogP contribution in [0, 0.1) is 12.8 Å². The van der Waals surface area contributed by atoms with Crippen LogP contribution in [0.25, 0.3) is 0 Å². The number of ether oxygens (including phenoxy) is 1. The van der Waals surface area contributed by atoms with E-state index in [0.717, 1.165) is 11.3 Å². The maximum atomic E-state index is 12.2. The molecule has 0 aliphatic rings. The van der Waals surface area contributed by atoms with Gasteiger partial charge in [-0.1, -0.05) is 29.8 Å². The minimum absolute atomic E-state index is 0.00363. The smallest absolute Gasteiger partial charge is 0.408 e. The molecule has 0 heterocycles. The average molecular weight is 565 g/mol. The Morgan fingerprint density at radius 1 is 0.949 bits per heavy atom. The largest absolute Gasteiger partial charge is 0.481 e. The first kappa shape index (κ1) is 31.6. The van der Waals surface area contributed by atoms with E-state index in [1.165, 1.54) is 12.1 Å². The van der Waals surface area contributed by atoms with Crippen molar-refractivity contribution < 1.29 is 41.9 Å². The molecule has 0 spiro atoms. The summed E-state index contributed by atoms with van der Waals surface area (Å²) in [7, 11) is -3.82. The molecule has 2 rings (SSSR count). The summed E-state index contributed by atoms with van der Waals surface area (Å²) in [6.45, 7) is 7.20. The van der Waals surface area contributed by atoms with E-state index >= 15 is 0 Å². The number of rotatable bonds is 14. The number of aryl methyl sites for hydroxylation is 1. The molecular weight excluding hydrogens is 528 g/mol. The van der Waals surface area contributed by atoms with Crippen LogP contribution in [0.3, 0.4) is 0 Å². The lowest BCUT2D eigenvalue weighted by Gasteiger charge is -2.23. The second-order valence-electron chi connectivity index (χ2n) is 10.1. The molecule has 1 amide bonds. The molecule has 0 bridgehead atoms. The third-order valence-corrected chi connectivity index (χ3v) is 6.82. The molecule has 12 heteroatoms. The van der Waals surface area contributed by atoms with E-state index < -0.39 is 45.7 Å². The molecule has 0 unspecified atom stereocenters. The molecule has 2 aromatic rings. The van der Waals surface area contributed by atoms with Gasteiger partial charge in [0.25, 0.3) is 10.1 Å². The molecule has 4 N–H and O–H groups in total. The Kier molecular flexibility index (Phi) is 11.3. The molecule has 39 heavy (non-hydrogen) atoms. The number of anilines is 1. The Bertz CT molecular complexity index is 1220. The van der Waals surface area contributed by atoms with Crippen molar-refractivity contribution in [3.05, 3.63) is 59.7 Å². The number of amides is 1. The maximum Gasteiger partial charge on any atom is 0.408 e. The highest BCUT2D eigenvalue weighted by molar-refractivity contribution is 7.86. The van der Waals surface area contributed by atoms with Crippen molar-refractivity contribution in [3.63, 3.8) is 0 Å². The summed E-state index contributed by atoms with van der Waals surface area (Å²) in [6, 6.07) is 11.9. The van der Waals surface area contributed by atoms with E-state index in [9.17, 15) is 33.0 Å². The van der Waals surface area contributed by atoms with E-state index in [1.807, 2.05) is 6.92 Å². The highest BCUT2D eigenvalue weighted by Crippen LogP contribution is 2.19. The van der Waals surface area contributed by atoms with Gasteiger partial charge in [0.05, 0.1) is 17.4 Å². The zero-order chi connectivity index (χ0) is 29.2. The summed E-state index contributed by atoms with van der Waals surface area (Å²) in [5.41, 5.74) is 1.52. The Morgan fingerprint density at radius 2 is 1.56 bits per heavy atom. The van der Waals surface area contributed by atoms with Gasteiger partial charge in [-0.3, -0.25) is 8.98 Å². The van der Waals surface area contributed by atoms with Crippen LogP contribution in [-0.4, -0.2) is 61.5 Å². The van der Waals surface area contributed by atoms with Crippen molar-refractivity contribution in [2.45, 2.75) is 63.5 Å². The number of benzene rings is 2. The Labute approximate surface area is 228 Å². The number of hydrogen-bond acceptors (Lipinski definition) is 8. The number of aliphatic carboxylic acids is 2. The standard InChI is InChI=1S/C27H36N2O9S/c1-18-6-12-22(13-7-18)39(35,36)37-15-5-14-28-21-10-8-19(9-11-21)16-20(24(30)31)17-23(25(32)33)29-26(34)38-27(2,3)4/h6-13,20,23,28H,5,14-17H2,1-4H3,(H,29,34)(H,30,31)(H,32,33)/t20-,23+/m0/s1. The van der Waals surface area contributed by atoms with Gasteiger partial charge in [-0.2, -0.15) is 8.42 Å². The molecule has 214 valence electrons. The molecule has 0 saturated carbocycles. The first-order valence-electron chi connectivity index (χ1n) is 12.4. The number of hydrogen-bond donors (Lipinski definition) is 4. The van der Waals surface area contributed by atoms with Crippen LogP contribution >= 0.6 is 0 Å². The molecule has 0 radical (unpaired) electrons. The fraction of sp³-hybridized carbons (Fsp3) is 0.444. The van der Waals surface area contributed by atoms with E-state index in [-0.39, 0.29) is 24.3 Å². The molecule has 0 aliphatic heterocycles. The first-order chi connectivity index (χ1) is 18.2. The van der Waals surface area contributed by atoms with E-state index in [2.05, 4.69) is 10.6 Å². The third kappa shape index (κ3) is 11.3. The predicted molar refractivity (Wildman–Crippen MR) is 144 cm³/mol. The van der Waals surface area contributed by atoms with Crippen molar-refractivity contribution >= 4 is 33.8 Å². The topological polar surface area (TPSA) is 168 Å². The lowest BCUT2D eigenvalue weighted by Crippen LogP contribution is -2.45.